The number of fused-ring (bicyclic) bond motifs is 1. The lowest BCUT2D eigenvalue weighted by atomic mass is 9.93. The summed E-state index contributed by atoms with van der Waals surface area (Å²) in [7, 11) is 0. The van der Waals surface area contributed by atoms with E-state index >= 15 is 0 Å². The van der Waals surface area contributed by atoms with Crippen LogP contribution >= 0.6 is 0 Å². The van der Waals surface area contributed by atoms with Crippen molar-refractivity contribution in [3.63, 3.8) is 0 Å². The van der Waals surface area contributed by atoms with E-state index in [0.717, 1.165) is 43.9 Å². The Labute approximate surface area is 101 Å². The van der Waals surface area contributed by atoms with E-state index in [4.69, 9.17) is 0 Å². The van der Waals surface area contributed by atoms with Crippen molar-refractivity contribution < 1.29 is 8.78 Å². The smallest absolute Gasteiger partial charge is 0.129 e. The van der Waals surface area contributed by atoms with E-state index in [1.165, 1.54) is 0 Å². The largest absolute Gasteiger partial charge is 0.310 e. The highest BCUT2D eigenvalue weighted by Gasteiger charge is 2.24. The highest BCUT2D eigenvalue weighted by Crippen LogP contribution is 2.33. The molecule has 1 unspecified atom stereocenters. The third kappa shape index (κ3) is 2.34. The molecule has 0 aliphatic heterocycles. The van der Waals surface area contributed by atoms with Crippen LogP contribution in [0, 0.1) is 18.6 Å². The topological polar surface area (TPSA) is 12.0 Å². The van der Waals surface area contributed by atoms with Gasteiger partial charge in [0.1, 0.15) is 11.6 Å². The third-order valence-corrected chi connectivity index (χ3v) is 3.60. The maximum absolute atomic E-state index is 13.8. The second-order valence-electron chi connectivity index (χ2n) is 4.71. The first-order chi connectivity index (χ1) is 8.15. The molecule has 0 radical (unpaired) electrons. The van der Waals surface area contributed by atoms with Crippen molar-refractivity contribution in [2.45, 2.75) is 45.6 Å². The van der Waals surface area contributed by atoms with Crippen molar-refractivity contribution >= 4 is 0 Å². The zero-order chi connectivity index (χ0) is 12.4. The Morgan fingerprint density at radius 1 is 1.29 bits per heavy atom. The Balaban J connectivity index is 2.54. The lowest BCUT2D eigenvalue weighted by Gasteiger charge is -2.21. The Hall–Kier alpha value is -0.960. The number of rotatable bonds is 2. The number of hydrogen-bond donors (Lipinski definition) is 1. The lowest BCUT2D eigenvalue weighted by Crippen LogP contribution is -2.22. The molecule has 0 heterocycles. The predicted molar refractivity (Wildman–Crippen MR) is 65.1 cm³/mol. The summed E-state index contributed by atoms with van der Waals surface area (Å²) in [5, 5.41) is 3.34. The Kier molecular flexibility index (Phi) is 3.77. The normalized spacial score (nSPS) is 19.9. The van der Waals surface area contributed by atoms with E-state index in [1.807, 2.05) is 6.92 Å². The van der Waals surface area contributed by atoms with Crippen molar-refractivity contribution in [3.8, 4) is 0 Å². The van der Waals surface area contributed by atoms with E-state index in [-0.39, 0.29) is 11.9 Å². The van der Waals surface area contributed by atoms with Crippen molar-refractivity contribution in [1.82, 2.24) is 5.32 Å². The molecule has 0 spiro atoms. The van der Waals surface area contributed by atoms with Gasteiger partial charge in [-0.2, -0.15) is 0 Å². The molecule has 1 nitrogen and oxygen atoms in total. The molecule has 0 saturated carbocycles. The molecule has 1 N–H and O–H groups in total. The standard InChI is InChI=1S/C14H19F2N/c1-3-17-13-7-5-4-6-10-12(16)8-11(15)9(2)14(10)13/h8,13,17H,3-7H2,1-2H3. The molecule has 0 amide bonds. The van der Waals surface area contributed by atoms with Crippen LogP contribution in [0.1, 0.15) is 48.9 Å². The van der Waals surface area contributed by atoms with Crippen LogP contribution in [-0.4, -0.2) is 6.54 Å². The molecule has 0 saturated heterocycles. The first kappa shape index (κ1) is 12.5. The average molecular weight is 239 g/mol. The van der Waals surface area contributed by atoms with Crippen LogP contribution in [0.4, 0.5) is 8.78 Å². The Morgan fingerprint density at radius 3 is 2.76 bits per heavy atom. The molecular formula is C14H19F2N. The summed E-state index contributed by atoms with van der Waals surface area (Å²) >= 11 is 0. The highest BCUT2D eigenvalue weighted by atomic mass is 19.1. The molecule has 1 aromatic rings. The summed E-state index contributed by atoms with van der Waals surface area (Å²) in [4.78, 5) is 0. The Morgan fingerprint density at radius 2 is 2.06 bits per heavy atom. The van der Waals surface area contributed by atoms with E-state index < -0.39 is 5.82 Å². The average Bonchev–Trinajstić information content (AvgIpc) is 2.50. The maximum Gasteiger partial charge on any atom is 0.129 e. The van der Waals surface area contributed by atoms with Crippen LogP contribution in [-0.2, 0) is 6.42 Å². The van der Waals surface area contributed by atoms with Gasteiger partial charge in [-0.05, 0) is 49.4 Å². The van der Waals surface area contributed by atoms with Gasteiger partial charge in [0.25, 0.3) is 0 Å². The molecule has 0 aromatic heterocycles. The van der Waals surface area contributed by atoms with Crippen LogP contribution in [0.2, 0.25) is 0 Å². The molecule has 1 atom stereocenters. The van der Waals surface area contributed by atoms with Gasteiger partial charge >= 0.3 is 0 Å². The van der Waals surface area contributed by atoms with Crippen LogP contribution in [0.25, 0.3) is 0 Å². The second-order valence-corrected chi connectivity index (χ2v) is 4.71. The molecule has 1 aliphatic rings. The fourth-order valence-electron chi connectivity index (χ4n) is 2.76. The summed E-state index contributed by atoms with van der Waals surface area (Å²) in [6, 6.07) is 1.13. The zero-order valence-corrected chi connectivity index (χ0v) is 10.4. The number of benzene rings is 1. The van der Waals surface area contributed by atoms with Crippen LogP contribution in [0.15, 0.2) is 6.07 Å². The molecule has 1 aliphatic carbocycles. The molecule has 3 heteroatoms. The minimum atomic E-state index is -0.425. The lowest BCUT2D eigenvalue weighted by molar-refractivity contribution is 0.494. The van der Waals surface area contributed by atoms with E-state index in [1.54, 1.807) is 6.92 Å². The van der Waals surface area contributed by atoms with Crippen molar-refractivity contribution in [2.75, 3.05) is 6.54 Å². The summed E-state index contributed by atoms with van der Waals surface area (Å²) in [6.45, 7) is 4.60. The summed E-state index contributed by atoms with van der Waals surface area (Å²) in [5.41, 5.74) is 2.18. The third-order valence-electron chi connectivity index (χ3n) is 3.60. The SMILES string of the molecule is CCNC1CCCCc2c(F)cc(F)c(C)c21. The first-order valence-electron chi connectivity index (χ1n) is 6.36. The van der Waals surface area contributed by atoms with E-state index in [2.05, 4.69) is 5.32 Å². The molecule has 17 heavy (non-hydrogen) atoms. The van der Waals surface area contributed by atoms with Crippen molar-refractivity contribution in [3.05, 3.63) is 34.4 Å². The molecular weight excluding hydrogens is 220 g/mol. The van der Waals surface area contributed by atoms with Gasteiger partial charge in [0.2, 0.25) is 0 Å². The van der Waals surface area contributed by atoms with Crippen LogP contribution in [0.5, 0.6) is 0 Å². The number of hydrogen-bond acceptors (Lipinski definition) is 1. The number of nitrogens with one attached hydrogen (secondary N) is 1. The minimum Gasteiger partial charge on any atom is -0.310 e. The molecule has 0 fully saturated rings. The molecule has 94 valence electrons. The van der Waals surface area contributed by atoms with Crippen molar-refractivity contribution in [2.24, 2.45) is 0 Å². The summed E-state index contributed by atoms with van der Waals surface area (Å²) in [5.74, 6) is -0.807. The van der Waals surface area contributed by atoms with Gasteiger partial charge in [-0.25, -0.2) is 8.78 Å². The number of halogens is 2. The van der Waals surface area contributed by atoms with Gasteiger partial charge in [0.15, 0.2) is 0 Å². The van der Waals surface area contributed by atoms with Gasteiger partial charge in [-0.15, -0.1) is 0 Å². The quantitative estimate of drug-likeness (QED) is 0.777. The first-order valence-corrected chi connectivity index (χ1v) is 6.36. The summed E-state index contributed by atoms with van der Waals surface area (Å²) < 4.78 is 27.5. The minimum absolute atomic E-state index is 0.0997. The predicted octanol–water partition coefficient (Wildman–Crippen LogP) is 3.65. The Bertz CT molecular complexity index is 415. The fraction of sp³-hybridized carbons (Fsp3) is 0.571. The van der Waals surface area contributed by atoms with Crippen molar-refractivity contribution in [1.29, 1.82) is 0 Å². The molecule has 1 aromatic carbocycles. The highest BCUT2D eigenvalue weighted by molar-refractivity contribution is 5.40. The summed E-state index contributed by atoms with van der Waals surface area (Å²) in [6.07, 6.45) is 3.73. The fourth-order valence-corrected chi connectivity index (χ4v) is 2.76. The van der Waals surface area contributed by atoms with Gasteiger partial charge < -0.3 is 5.32 Å². The van der Waals surface area contributed by atoms with Gasteiger partial charge in [-0.3, -0.25) is 0 Å². The van der Waals surface area contributed by atoms with E-state index in [0.29, 0.717) is 11.1 Å². The van der Waals surface area contributed by atoms with Crippen LogP contribution < -0.4 is 5.32 Å². The maximum atomic E-state index is 13.8. The van der Waals surface area contributed by atoms with Gasteiger partial charge in [0, 0.05) is 12.1 Å². The zero-order valence-electron chi connectivity index (χ0n) is 10.4. The van der Waals surface area contributed by atoms with Gasteiger partial charge in [-0.1, -0.05) is 13.3 Å². The molecule has 0 bridgehead atoms. The monoisotopic (exact) mass is 239 g/mol. The van der Waals surface area contributed by atoms with E-state index in [9.17, 15) is 8.78 Å². The van der Waals surface area contributed by atoms with Crippen LogP contribution in [0.3, 0.4) is 0 Å². The second kappa shape index (κ2) is 5.13. The van der Waals surface area contributed by atoms with Gasteiger partial charge in [0.05, 0.1) is 0 Å². The molecule has 2 rings (SSSR count).